The zero-order valence-corrected chi connectivity index (χ0v) is 10.7. The SMILES string of the molecule is CC1CCCC1NC(=O)c1ccc(N)cn1.Cl. The lowest BCUT2D eigenvalue weighted by atomic mass is 10.1. The summed E-state index contributed by atoms with van der Waals surface area (Å²) in [5.74, 6) is 0.469. The molecule has 4 nitrogen and oxygen atoms in total. The van der Waals surface area contributed by atoms with Crippen molar-refractivity contribution < 1.29 is 4.79 Å². The van der Waals surface area contributed by atoms with Crippen molar-refractivity contribution in [3.05, 3.63) is 24.0 Å². The van der Waals surface area contributed by atoms with Crippen molar-refractivity contribution >= 4 is 24.0 Å². The molecule has 94 valence electrons. The fourth-order valence-corrected chi connectivity index (χ4v) is 2.14. The normalized spacial score (nSPS) is 22.9. The Bertz CT molecular complexity index is 380. The van der Waals surface area contributed by atoms with E-state index in [-0.39, 0.29) is 18.3 Å². The Balaban J connectivity index is 0.00000144. The number of halogens is 1. The molecule has 5 heteroatoms. The van der Waals surface area contributed by atoms with Crippen LogP contribution >= 0.6 is 12.4 Å². The first kappa shape index (κ1) is 13.8. The van der Waals surface area contributed by atoms with Gasteiger partial charge in [0.15, 0.2) is 0 Å². The second-order valence-electron chi connectivity index (χ2n) is 4.46. The first-order valence-electron chi connectivity index (χ1n) is 5.69. The molecule has 1 saturated carbocycles. The Labute approximate surface area is 107 Å². The molecule has 0 aromatic carbocycles. The number of aromatic nitrogens is 1. The van der Waals surface area contributed by atoms with Crippen LogP contribution in [0.5, 0.6) is 0 Å². The van der Waals surface area contributed by atoms with Crippen LogP contribution in [0.1, 0.15) is 36.7 Å². The van der Waals surface area contributed by atoms with E-state index >= 15 is 0 Å². The lowest BCUT2D eigenvalue weighted by Crippen LogP contribution is -2.36. The van der Waals surface area contributed by atoms with Gasteiger partial charge in [0.2, 0.25) is 0 Å². The number of nitrogens with one attached hydrogen (secondary N) is 1. The van der Waals surface area contributed by atoms with Gasteiger partial charge in [0, 0.05) is 6.04 Å². The van der Waals surface area contributed by atoms with Crippen LogP contribution in [0, 0.1) is 5.92 Å². The van der Waals surface area contributed by atoms with E-state index in [4.69, 9.17) is 5.73 Å². The van der Waals surface area contributed by atoms with E-state index in [1.54, 1.807) is 12.1 Å². The van der Waals surface area contributed by atoms with Crippen LogP contribution in [-0.4, -0.2) is 16.9 Å². The predicted molar refractivity (Wildman–Crippen MR) is 70.2 cm³/mol. The van der Waals surface area contributed by atoms with Gasteiger partial charge in [0.05, 0.1) is 11.9 Å². The molecule has 1 aromatic heterocycles. The van der Waals surface area contributed by atoms with Gasteiger partial charge in [-0.05, 0) is 30.9 Å². The highest BCUT2D eigenvalue weighted by Crippen LogP contribution is 2.24. The molecule has 3 N–H and O–H groups in total. The summed E-state index contributed by atoms with van der Waals surface area (Å²) in [6.07, 6.45) is 4.97. The number of pyridine rings is 1. The summed E-state index contributed by atoms with van der Waals surface area (Å²) in [6, 6.07) is 3.65. The third-order valence-corrected chi connectivity index (χ3v) is 3.20. The highest BCUT2D eigenvalue weighted by Gasteiger charge is 2.25. The van der Waals surface area contributed by atoms with Crippen LogP contribution in [0.2, 0.25) is 0 Å². The van der Waals surface area contributed by atoms with Gasteiger partial charge in [-0.15, -0.1) is 12.4 Å². The highest BCUT2D eigenvalue weighted by molar-refractivity contribution is 5.92. The summed E-state index contributed by atoms with van der Waals surface area (Å²) in [4.78, 5) is 15.9. The van der Waals surface area contributed by atoms with E-state index in [0.29, 0.717) is 23.3 Å². The van der Waals surface area contributed by atoms with E-state index in [0.717, 1.165) is 6.42 Å². The molecule has 1 amide bonds. The van der Waals surface area contributed by atoms with E-state index in [1.165, 1.54) is 19.0 Å². The fraction of sp³-hybridized carbons (Fsp3) is 0.500. The van der Waals surface area contributed by atoms with Crippen LogP contribution in [0.3, 0.4) is 0 Å². The van der Waals surface area contributed by atoms with E-state index in [1.807, 2.05) is 0 Å². The lowest BCUT2D eigenvalue weighted by molar-refractivity contribution is 0.0924. The van der Waals surface area contributed by atoms with Gasteiger partial charge >= 0.3 is 0 Å². The number of carbonyl (C=O) groups excluding carboxylic acids is 1. The maximum atomic E-state index is 11.8. The van der Waals surface area contributed by atoms with Crippen molar-refractivity contribution in [2.75, 3.05) is 5.73 Å². The summed E-state index contributed by atoms with van der Waals surface area (Å²) >= 11 is 0. The average Bonchev–Trinajstić information content (AvgIpc) is 2.65. The quantitative estimate of drug-likeness (QED) is 0.849. The molecule has 1 heterocycles. The number of rotatable bonds is 2. The third-order valence-electron chi connectivity index (χ3n) is 3.20. The summed E-state index contributed by atoms with van der Waals surface area (Å²) in [5, 5.41) is 3.02. The zero-order chi connectivity index (χ0) is 11.5. The lowest BCUT2D eigenvalue weighted by Gasteiger charge is -2.16. The summed E-state index contributed by atoms with van der Waals surface area (Å²) in [7, 11) is 0. The Morgan fingerprint density at radius 2 is 2.24 bits per heavy atom. The number of nitrogens with zero attached hydrogens (tertiary/aromatic N) is 1. The molecule has 1 aliphatic rings. The van der Waals surface area contributed by atoms with Crippen LogP contribution in [0.25, 0.3) is 0 Å². The van der Waals surface area contributed by atoms with E-state index in [9.17, 15) is 4.79 Å². The molecule has 1 aromatic rings. The molecule has 0 saturated heterocycles. The Hall–Kier alpha value is -1.29. The van der Waals surface area contributed by atoms with Gasteiger partial charge in [0.1, 0.15) is 5.69 Å². The van der Waals surface area contributed by atoms with Crippen molar-refractivity contribution in [1.29, 1.82) is 0 Å². The minimum atomic E-state index is -0.0984. The number of hydrogen-bond donors (Lipinski definition) is 2. The van der Waals surface area contributed by atoms with E-state index in [2.05, 4.69) is 17.2 Å². The molecule has 2 unspecified atom stereocenters. The first-order valence-corrected chi connectivity index (χ1v) is 5.69. The Morgan fingerprint density at radius 1 is 1.47 bits per heavy atom. The highest BCUT2D eigenvalue weighted by atomic mass is 35.5. The van der Waals surface area contributed by atoms with Crippen LogP contribution < -0.4 is 11.1 Å². The number of amides is 1. The van der Waals surface area contributed by atoms with Gasteiger partial charge in [-0.3, -0.25) is 4.79 Å². The summed E-state index contributed by atoms with van der Waals surface area (Å²) in [6.45, 7) is 2.17. The third kappa shape index (κ3) is 3.33. The molecule has 0 radical (unpaired) electrons. The van der Waals surface area contributed by atoms with Crippen LogP contribution in [-0.2, 0) is 0 Å². The largest absolute Gasteiger partial charge is 0.397 e. The molecule has 1 aliphatic carbocycles. The molecular formula is C12H18ClN3O. The minimum absolute atomic E-state index is 0. The first-order chi connectivity index (χ1) is 7.66. The average molecular weight is 256 g/mol. The second-order valence-corrected chi connectivity index (χ2v) is 4.46. The maximum absolute atomic E-state index is 11.8. The molecule has 2 rings (SSSR count). The van der Waals surface area contributed by atoms with E-state index < -0.39 is 0 Å². The van der Waals surface area contributed by atoms with Gasteiger partial charge in [-0.2, -0.15) is 0 Å². The topological polar surface area (TPSA) is 68.0 Å². The van der Waals surface area contributed by atoms with Crippen molar-refractivity contribution in [3.63, 3.8) is 0 Å². The monoisotopic (exact) mass is 255 g/mol. The van der Waals surface area contributed by atoms with Crippen LogP contribution in [0.15, 0.2) is 18.3 Å². The van der Waals surface area contributed by atoms with Gasteiger partial charge in [-0.1, -0.05) is 13.3 Å². The molecule has 0 spiro atoms. The van der Waals surface area contributed by atoms with Crippen molar-refractivity contribution in [1.82, 2.24) is 10.3 Å². The van der Waals surface area contributed by atoms with Gasteiger partial charge in [-0.25, -0.2) is 4.98 Å². The van der Waals surface area contributed by atoms with Crippen LogP contribution in [0.4, 0.5) is 5.69 Å². The number of hydrogen-bond acceptors (Lipinski definition) is 3. The summed E-state index contributed by atoms with van der Waals surface area (Å²) in [5.41, 5.74) is 6.53. The molecule has 17 heavy (non-hydrogen) atoms. The van der Waals surface area contributed by atoms with Crippen molar-refractivity contribution in [2.45, 2.75) is 32.2 Å². The number of carbonyl (C=O) groups is 1. The molecule has 1 fully saturated rings. The smallest absolute Gasteiger partial charge is 0.270 e. The number of nitrogen functional groups attached to an aromatic ring is 1. The Kier molecular flexibility index (Phi) is 4.75. The minimum Gasteiger partial charge on any atom is -0.397 e. The van der Waals surface area contributed by atoms with Gasteiger partial charge in [0.25, 0.3) is 5.91 Å². The predicted octanol–water partition coefficient (Wildman–Crippen LogP) is 2.00. The molecule has 0 aliphatic heterocycles. The van der Waals surface area contributed by atoms with Crippen molar-refractivity contribution in [3.8, 4) is 0 Å². The zero-order valence-electron chi connectivity index (χ0n) is 9.85. The second kappa shape index (κ2) is 5.87. The number of anilines is 1. The van der Waals surface area contributed by atoms with Gasteiger partial charge < -0.3 is 11.1 Å². The molecule has 2 atom stereocenters. The van der Waals surface area contributed by atoms with Crippen molar-refractivity contribution in [2.24, 2.45) is 5.92 Å². The summed E-state index contributed by atoms with van der Waals surface area (Å²) < 4.78 is 0. The molecular weight excluding hydrogens is 238 g/mol. The fourth-order valence-electron chi connectivity index (χ4n) is 2.14. The Morgan fingerprint density at radius 3 is 2.76 bits per heavy atom. The maximum Gasteiger partial charge on any atom is 0.270 e. The standard InChI is InChI=1S/C12H17N3O.ClH/c1-8-3-2-4-10(8)15-12(16)11-6-5-9(13)7-14-11;/h5-8,10H,2-4,13H2,1H3,(H,15,16);1H. The number of nitrogens with two attached hydrogens (primary N) is 1. The molecule has 0 bridgehead atoms.